The molecule has 2 N–H and O–H groups in total. The van der Waals surface area contributed by atoms with Gasteiger partial charge < -0.3 is 5.73 Å². The lowest BCUT2D eigenvalue weighted by Gasteiger charge is -2.00. The summed E-state index contributed by atoms with van der Waals surface area (Å²) >= 11 is 9.11. The zero-order valence-corrected chi connectivity index (χ0v) is 10.8. The quantitative estimate of drug-likeness (QED) is 0.928. The molecule has 0 spiro atoms. The molecule has 1 heterocycles. The highest BCUT2D eigenvalue weighted by Crippen LogP contribution is 2.22. The summed E-state index contributed by atoms with van der Waals surface area (Å²) in [5.41, 5.74) is 6.72. The number of benzene rings is 1. The van der Waals surface area contributed by atoms with Crippen LogP contribution in [0, 0.1) is 0 Å². The number of halogens is 1. The van der Waals surface area contributed by atoms with E-state index in [-0.39, 0.29) is 0 Å². The average molecular weight is 272 g/mol. The van der Waals surface area contributed by atoms with Crippen LogP contribution in [0.5, 0.6) is 0 Å². The Balaban J connectivity index is 1.84. The van der Waals surface area contributed by atoms with Crippen LogP contribution >= 0.6 is 34.7 Å². The summed E-state index contributed by atoms with van der Waals surface area (Å²) in [6.45, 7) is 0. The van der Waals surface area contributed by atoms with Crippen LogP contribution in [-0.4, -0.2) is 10.2 Å². The van der Waals surface area contributed by atoms with Crippen molar-refractivity contribution in [3.63, 3.8) is 0 Å². The Bertz CT molecular complexity index is 473. The number of nitrogen functional groups attached to an aromatic ring is 1. The van der Waals surface area contributed by atoms with E-state index in [1.54, 1.807) is 11.8 Å². The fourth-order valence-electron chi connectivity index (χ4n) is 1.21. The highest BCUT2D eigenvalue weighted by molar-refractivity contribution is 7.97. The number of nitrogens with zero attached hydrogens (tertiary/aromatic N) is 2. The minimum atomic E-state index is 0.526. The van der Waals surface area contributed by atoms with E-state index in [9.17, 15) is 0 Å². The maximum atomic E-state index is 5.90. The molecule has 0 saturated heterocycles. The van der Waals surface area contributed by atoms with Gasteiger partial charge in [-0.25, -0.2) is 0 Å². The van der Waals surface area contributed by atoms with Crippen LogP contribution < -0.4 is 5.73 Å². The van der Waals surface area contributed by atoms with Crippen LogP contribution in [0.15, 0.2) is 24.3 Å². The predicted octanol–water partition coefficient (Wildman–Crippen LogP) is 3.21. The van der Waals surface area contributed by atoms with E-state index in [4.69, 9.17) is 17.3 Å². The van der Waals surface area contributed by atoms with Crippen molar-refractivity contribution in [2.75, 3.05) is 5.73 Å². The van der Waals surface area contributed by atoms with Crippen LogP contribution in [0.3, 0.4) is 0 Å². The highest BCUT2D eigenvalue weighted by Gasteiger charge is 2.01. The minimum Gasteiger partial charge on any atom is -0.374 e. The minimum absolute atomic E-state index is 0.526. The molecule has 0 aliphatic rings. The number of nitrogens with two attached hydrogens (primary N) is 1. The van der Waals surface area contributed by atoms with Gasteiger partial charge in [-0.1, -0.05) is 35.1 Å². The molecule has 0 amide bonds. The number of rotatable bonds is 4. The largest absolute Gasteiger partial charge is 0.374 e. The number of aromatic nitrogens is 2. The molecular formula is C10H10ClN3S2. The molecule has 2 aromatic rings. The summed E-state index contributed by atoms with van der Waals surface area (Å²) in [5.74, 6) is 1.75. The molecule has 2 rings (SSSR count). The molecule has 16 heavy (non-hydrogen) atoms. The van der Waals surface area contributed by atoms with Crippen molar-refractivity contribution in [2.24, 2.45) is 0 Å². The Labute approximate surface area is 107 Å². The highest BCUT2D eigenvalue weighted by atomic mass is 35.5. The van der Waals surface area contributed by atoms with Crippen molar-refractivity contribution in [1.29, 1.82) is 0 Å². The SMILES string of the molecule is Nc1nnc(CSCc2cccc(Cl)c2)s1. The molecule has 0 aliphatic carbocycles. The first-order chi connectivity index (χ1) is 7.74. The molecular weight excluding hydrogens is 262 g/mol. The van der Waals surface area contributed by atoms with E-state index < -0.39 is 0 Å². The van der Waals surface area contributed by atoms with Gasteiger partial charge in [0.25, 0.3) is 0 Å². The number of thioether (sulfide) groups is 1. The molecule has 0 atom stereocenters. The maximum Gasteiger partial charge on any atom is 0.203 e. The predicted molar refractivity (Wildman–Crippen MR) is 70.8 cm³/mol. The van der Waals surface area contributed by atoms with Gasteiger partial charge in [0, 0.05) is 16.5 Å². The summed E-state index contributed by atoms with van der Waals surface area (Å²) < 4.78 is 0. The topological polar surface area (TPSA) is 51.8 Å². The van der Waals surface area contributed by atoms with Gasteiger partial charge >= 0.3 is 0 Å². The third-order valence-corrected chi connectivity index (χ3v) is 4.05. The molecule has 0 fully saturated rings. The Morgan fingerprint density at radius 2 is 2.19 bits per heavy atom. The third-order valence-electron chi connectivity index (χ3n) is 1.87. The van der Waals surface area contributed by atoms with Crippen LogP contribution in [0.4, 0.5) is 5.13 Å². The van der Waals surface area contributed by atoms with E-state index in [0.717, 1.165) is 21.5 Å². The first kappa shape index (κ1) is 11.7. The summed E-state index contributed by atoms with van der Waals surface area (Å²) in [4.78, 5) is 0. The van der Waals surface area contributed by atoms with Gasteiger partial charge in [-0.15, -0.1) is 22.0 Å². The van der Waals surface area contributed by atoms with Gasteiger partial charge in [-0.3, -0.25) is 0 Å². The van der Waals surface area contributed by atoms with Gasteiger partial charge in [-0.05, 0) is 17.7 Å². The van der Waals surface area contributed by atoms with Crippen molar-refractivity contribution in [3.8, 4) is 0 Å². The fraction of sp³-hybridized carbons (Fsp3) is 0.200. The third kappa shape index (κ3) is 3.37. The zero-order valence-electron chi connectivity index (χ0n) is 8.39. The summed E-state index contributed by atoms with van der Waals surface area (Å²) in [6.07, 6.45) is 0. The Morgan fingerprint density at radius 1 is 1.31 bits per heavy atom. The first-order valence-electron chi connectivity index (χ1n) is 4.64. The molecule has 1 aromatic heterocycles. The lowest BCUT2D eigenvalue weighted by molar-refractivity contribution is 1.05. The molecule has 0 bridgehead atoms. The lowest BCUT2D eigenvalue weighted by Crippen LogP contribution is -1.83. The van der Waals surface area contributed by atoms with E-state index in [1.165, 1.54) is 16.9 Å². The number of hydrogen-bond donors (Lipinski definition) is 1. The van der Waals surface area contributed by atoms with Crippen molar-refractivity contribution in [1.82, 2.24) is 10.2 Å². The van der Waals surface area contributed by atoms with Crippen LogP contribution in [0.25, 0.3) is 0 Å². The molecule has 0 unspecified atom stereocenters. The molecule has 0 radical (unpaired) electrons. The molecule has 0 aliphatic heterocycles. The fourth-order valence-corrected chi connectivity index (χ4v) is 3.06. The smallest absolute Gasteiger partial charge is 0.203 e. The monoisotopic (exact) mass is 271 g/mol. The van der Waals surface area contributed by atoms with Crippen LogP contribution in [0.2, 0.25) is 5.02 Å². The van der Waals surface area contributed by atoms with E-state index in [2.05, 4.69) is 16.3 Å². The van der Waals surface area contributed by atoms with Crippen molar-refractivity contribution in [3.05, 3.63) is 39.9 Å². The molecule has 1 aromatic carbocycles. The molecule has 6 heteroatoms. The van der Waals surface area contributed by atoms with Crippen molar-refractivity contribution >= 4 is 39.8 Å². The Hall–Kier alpha value is -0.780. The summed E-state index contributed by atoms with van der Waals surface area (Å²) in [7, 11) is 0. The van der Waals surface area contributed by atoms with Crippen molar-refractivity contribution < 1.29 is 0 Å². The van der Waals surface area contributed by atoms with E-state index in [0.29, 0.717) is 5.13 Å². The second kappa shape index (κ2) is 5.52. The Morgan fingerprint density at radius 3 is 2.88 bits per heavy atom. The van der Waals surface area contributed by atoms with E-state index in [1.807, 2.05) is 18.2 Å². The van der Waals surface area contributed by atoms with E-state index >= 15 is 0 Å². The van der Waals surface area contributed by atoms with Crippen LogP contribution in [-0.2, 0) is 11.5 Å². The average Bonchev–Trinajstić information content (AvgIpc) is 2.64. The summed E-state index contributed by atoms with van der Waals surface area (Å²) in [6, 6.07) is 7.87. The van der Waals surface area contributed by atoms with Crippen LogP contribution in [0.1, 0.15) is 10.6 Å². The van der Waals surface area contributed by atoms with Gasteiger partial charge in [0.2, 0.25) is 5.13 Å². The normalized spacial score (nSPS) is 10.6. The molecule has 3 nitrogen and oxygen atoms in total. The standard InChI is InChI=1S/C10H10ClN3S2/c11-8-3-1-2-7(4-8)5-15-6-9-13-14-10(12)16-9/h1-4H,5-6H2,(H2,12,14). The van der Waals surface area contributed by atoms with Gasteiger partial charge in [0.05, 0.1) is 0 Å². The van der Waals surface area contributed by atoms with Gasteiger partial charge in [-0.2, -0.15) is 0 Å². The Kier molecular flexibility index (Phi) is 4.04. The molecule has 0 saturated carbocycles. The second-order valence-corrected chi connectivity index (χ2v) is 5.67. The van der Waals surface area contributed by atoms with Crippen molar-refractivity contribution in [2.45, 2.75) is 11.5 Å². The second-order valence-electron chi connectivity index (χ2n) is 3.16. The maximum absolute atomic E-state index is 5.90. The van der Waals surface area contributed by atoms with Gasteiger partial charge in [0.15, 0.2) is 0 Å². The first-order valence-corrected chi connectivity index (χ1v) is 6.99. The summed E-state index contributed by atoms with van der Waals surface area (Å²) in [5, 5.41) is 9.99. The molecule has 84 valence electrons. The van der Waals surface area contributed by atoms with Gasteiger partial charge in [0.1, 0.15) is 5.01 Å². The lowest BCUT2D eigenvalue weighted by atomic mass is 10.2. The number of hydrogen-bond acceptors (Lipinski definition) is 5. The number of anilines is 1. The zero-order chi connectivity index (χ0) is 11.4.